The fraction of sp³-hybridized carbons (Fsp3) is 0.727. The van der Waals surface area contributed by atoms with Gasteiger partial charge >= 0.3 is 0 Å². The Kier molecular flexibility index (Phi) is 3.84. The van der Waals surface area contributed by atoms with Crippen LogP contribution >= 0.6 is 0 Å². The molecule has 82 valence electrons. The second-order valence-electron chi connectivity index (χ2n) is 4.04. The van der Waals surface area contributed by atoms with Crippen molar-refractivity contribution in [2.45, 2.75) is 39.7 Å². The van der Waals surface area contributed by atoms with Crippen LogP contribution in [0.2, 0.25) is 0 Å². The van der Waals surface area contributed by atoms with Gasteiger partial charge in [0.1, 0.15) is 6.04 Å². The van der Waals surface area contributed by atoms with Crippen LogP contribution in [-0.4, -0.2) is 23.2 Å². The molecule has 2 unspecified atom stereocenters. The average molecular weight is 207 g/mol. The summed E-state index contributed by atoms with van der Waals surface area (Å²) in [7, 11) is 0. The van der Waals surface area contributed by atoms with Crippen molar-refractivity contribution in [1.29, 1.82) is 5.26 Å². The molecule has 4 nitrogen and oxygen atoms in total. The molecule has 15 heavy (non-hydrogen) atoms. The number of hydrogen-bond donors (Lipinski definition) is 0. The third-order valence-corrected chi connectivity index (χ3v) is 3.09. The first-order chi connectivity index (χ1) is 7.11. The predicted octanol–water partition coefficient (Wildman–Crippen LogP) is 1.78. The maximum Gasteiger partial charge on any atom is 0.247 e. The number of carbonyl (C=O) groups excluding carboxylic acids is 1. The van der Waals surface area contributed by atoms with Crippen molar-refractivity contribution in [3.8, 4) is 6.07 Å². The molecule has 1 aliphatic rings. The van der Waals surface area contributed by atoms with E-state index < -0.39 is 6.04 Å². The van der Waals surface area contributed by atoms with Gasteiger partial charge in [-0.3, -0.25) is 4.79 Å². The first-order valence-electron chi connectivity index (χ1n) is 5.36. The molecule has 0 aliphatic carbocycles. The van der Waals surface area contributed by atoms with Crippen LogP contribution in [0.15, 0.2) is 5.10 Å². The van der Waals surface area contributed by atoms with Crippen molar-refractivity contribution in [3.05, 3.63) is 0 Å². The van der Waals surface area contributed by atoms with Gasteiger partial charge in [0.25, 0.3) is 0 Å². The molecule has 0 bridgehead atoms. The number of nitriles is 1. The summed E-state index contributed by atoms with van der Waals surface area (Å²) >= 11 is 0. The van der Waals surface area contributed by atoms with Crippen LogP contribution < -0.4 is 0 Å². The van der Waals surface area contributed by atoms with Crippen LogP contribution in [0.4, 0.5) is 0 Å². The number of carbonyl (C=O) groups is 1. The standard InChI is InChI=1S/C11H17N3O/c1-4-8(2)9(3)11(15)14-10(7-12)5-6-13-14/h6,8-10H,4-5H2,1-3H3/t8?,9-,10?/m0/s1. The SMILES string of the molecule is CCC(C)[C@H](C)C(=O)N1N=CCC1C#N. The van der Waals surface area contributed by atoms with E-state index in [0.29, 0.717) is 12.3 Å². The maximum atomic E-state index is 12.0. The van der Waals surface area contributed by atoms with E-state index in [1.165, 1.54) is 5.01 Å². The number of hydrazone groups is 1. The molecule has 0 spiro atoms. The number of amides is 1. The second kappa shape index (κ2) is 4.92. The molecular weight excluding hydrogens is 190 g/mol. The molecule has 1 heterocycles. The summed E-state index contributed by atoms with van der Waals surface area (Å²) in [6.45, 7) is 6.01. The van der Waals surface area contributed by atoms with Crippen LogP contribution in [0.1, 0.15) is 33.6 Å². The zero-order chi connectivity index (χ0) is 11.4. The van der Waals surface area contributed by atoms with Crippen LogP contribution in [0, 0.1) is 23.2 Å². The van der Waals surface area contributed by atoms with E-state index in [2.05, 4.69) is 18.1 Å². The van der Waals surface area contributed by atoms with E-state index in [-0.39, 0.29) is 11.8 Å². The summed E-state index contributed by atoms with van der Waals surface area (Å²) in [5, 5.41) is 14.1. The Bertz CT molecular complexity index is 305. The zero-order valence-corrected chi connectivity index (χ0v) is 9.47. The summed E-state index contributed by atoms with van der Waals surface area (Å²) in [6, 6.07) is 1.69. The van der Waals surface area contributed by atoms with E-state index in [4.69, 9.17) is 5.26 Å². The monoisotopic (exact) mass is 207 g/mol. The third-order valence-electron chi connectivity index (χ3n) is 3.09. The van der Waals surface area contributed by atoms with E-state index in [9.17, 15) is 4.79 Å². The molecule has 0 saturated carbocycles. The molecule has 0 fully saturated rings. The summed E-state index contributed by atoms with van der Waals surface area (Å²) in [6.07, 6.45) is 3.15. The molecule has 3 atom stereocenters. The second-order valence-corrected chi connectivity index (χ2v) is 4.04. The van der Waals surface area contributed by atoms with E-state index >= 15 is 0 Å². The molecule has 0 radical (unpaired) electrons. The molecule has 0 aromatic carbocycles. The third kappa shape index (κ3) is 2.35. The minimum absolute atomic E-state index is 0.0374. The van der Waals surface area contributed by atoms with Crippen molar-refractivity contribution in [1.82, 2.24) is 5.01 Å². The van der Waals surface area contributed by atoms with Gasteiger partial charge in [0.15, 0.2) is 0 Å². The molecule has 0 N–H and O–H groups in total. The number of rotatable bonds is 3. The molecule has 0 aromatic rings. The molecule has 1 amide bonds. The lowest BCUT2D eigenvalue weighted by molar-refractivity contribution is -0.137. The van der Waals surface area contributed by atoms with Gasteiger partial charge < -0.3 is 0 Å². The fourth-order valence-corrected chi connectivity index (χ4v) is 1.54. The molecule has 1 aliphatic heterocycles. The summed E-state index contributed by atoms with van der Waals surface area (Å²) in [5.41, 5.74) is 0. The van der Waals surface area contributed by atoms with Crippen molar-refractivity contribution >= 4 is 12.1 Å². The summed E-state index contributed by atoms with van der Waals surface area (Å²) in [5.74, 6) is 0.221. The van der Waals surface area contributed by atoms with Crippen LogP contribution in [-0.2, 0) is 4.79 Å². The molecular formula is C11H17N3O. The lowest BCUT2D eigenvalue weighted by Crippen LogP contribution is -2.37. The van der Waals surface area contributed by atoms with Crippen molar-refractivity contribution in [3.63, 3.8) is 0 Å². The van der Waals surface area contributed by atoms with Gasteiger partial charge in [-0.1, -0.05) is 27.2 Å². The van der Waals surface area contributed by atoms with Crippen molar-refractivity contribution in [2.75, 3.05) is 0 Å². The zero-order valence-electron chi connectivity index (χ0n) is 9.47. The van der Waals surface area contributed by atoms with Gasteiger partial charge in [0.2, 0.25) is 5.91 Å². The smallest absolute Gasteiger partial charge is 0.247 e. The van der Waals surface area contributed by atoms with Gasteiger partial charge in [0.05, 0.1) is 6.07 Å². The van der Waals surface area contributed by atoms with E-state index in [0.717, 1.165) is 6.42 Å². The van der Waals surface area contributed by atoms with Gasteiger partial charge in [-0.2, -0.15) is 10.4 Å². The lowest BCUT2D eigenvalue weighted by atomic mass is 9.92. The van der Waals surface area contributed by atoms with Gasteiger partial charge in [-0.05, 0) is 5.92 Å². The van der Waals surface area contributed by atoms with Crippen molar-refractivity contribution < 1.29 is 4.79 Å². The van der Waals surface area contributed by atoms with Crippen LogP contribution in [0.25, 0.3) is 0 Å². The summed E-state index contributed by atoms with van der Waals surface area (Å²) < 4.78 is 0. The number of hydrogen-bond acceptors (Lipinski definition) is 3. The average Bonchev–Trinajstić information content (AvgIpc) is 2.73. The predicted molar refractivity (Wildman–Crippen MR) is 58.0 cm³/mol. The molecule has 1 rings (SSSR count). The normalized spacial score (nSPS) is 23.6. The maximum absolute atomic E-state index is 12.0. The highest BCUT2D eigenvalue weighted by Gasteiger charge is 2.31. The Balaban J connectivity index is 2.68. The fourth-order valence-electron chi connectivity index (χ4n) is 1.54. The van der Waals surface area contributed by atoms with Crippen molar-refractivity contribution in [2.24, 2.45) is 16.9 Å². The Hall–Kier alpha value is -1.37. The van der Waals surface area contributed by atoms with Gasteiger partial charge in [-0.25, -0.2) is 5.01 Å². The Morgan fingerprint density at radius 1 is 1.73 bits per heavy atom. The quantitative estimate of drug-likeness (QED) is 0.708. The highest BCUT2D eigenvalue weighted by molar-refractivity contribution is 5.82. The van der Waals surface area contributed by atoms with Crippen LogP contribution in [0.3, 0.4) is 0 Å². The number of nitrogens with zero attached hydrogens (tertiary/aromatic N) is 3. The Morgan fingerprint density at radius 2 is 2.40 bits per heavy atom. The first-order valence-corrected chi connectivity index (χ1v) is 5.36. The highest BCUT2D eigenvalue weighted by Crippen LogP contribution is 2.21. The Morgan fingerprint density at radius 3 is 2.93 bits per heavy atom. The first kappa shape index (κ1) is 11.7. The molecule has 0 saturated heterocycles. The van der Waals surface area contributed by atoms with E-state index in [1.54, 1.807) is 6.21 Å². The van der Waals surface area contributed by atoms with Crippen LogP contribution in [0.5, 0.6) is 0 Å². The summed E-state index contributed by atoms with van der Waals surface area (Å²) in [4.78, 5) is 12.0. The van der Waals surface area contributed by atoms with Gasteiger partial charge in [-0.15, -0.1) is 0 Å². The lowest BCUT2D eigenvalue weighted by Gasteiger charge is -2.23. The molecule has 4 heteroatoms. The minimum Gasteiger partial charge on any atom is -0.273 e. The largest absolute Gasteiger partial charge is 0.273 e. The van der Waals surface area contributed by atoms with E-state index in [1.807, 2.05) is 13.8 Å². The minimum atomic E-state index is -0.399. The Labute approximate surface area is 90.6 Å². The highest BCUT2D eigenvalue weighted by atomic mass is 16.2. The molecule has 0 aromatic heterocycles. The van der Waals surface area contributed by atoms with Gasteiger partial charge in [0, 0.05) is 18.6 Å². The topological polar surface area (TPSA) is 56.5 Å².